The lowest BCUT2D eigenvalue weighted by Gasteiger charge is -2.08. The van der Waals surface area contributed by atoms with Gasteiger partial charge in [-0.25, -0.2) is 4.98 Å². The lowest BCUT2D eigenvalue weighted by atomic mass is 10.2. The van der Waals surface area contributed by atoms with Gasteiger partial charge in [0.05, 0.1) is 24.8 Å². The molecule has 0 spiro atoms. The third-order valence-electron chi connectivity index (χ3n) is 3.19. The molecule has 6 heteroatoms. The molecule has 3 rings (SSSR count). The standard InChI is InChI=1S/C14H14N2O3S/c1-9-15-13-12(14(17)16(9)5-7-18-2)10(8-20-13)11-4-3-6-19-11/h3-4,6,8H,5,7H2,1-2H3. The normalized spacial score (nSPS) is 11.3. The molecule has 20 heavy (non-hydrogen) atoms. The highest BCUT2D eigenvalue weighted by molar-refractivity contribution is 7.17. The highest BCUT2D eigenvalue weighted by atomic mass is 32.1. The molecule has 104 valence electrons. The molecule has 0 saturated heterocycles. The third-order valence-corrected chi connectivity index (χ3v) is 4.06. The van der Waals surface area contributed by atoms with Crippen molar-refractivity contribution in [2.24, 2.45) is 0 Å². The Morgan fingerprint density at radius 1 is 1.50 bits per heavy atom. The second-order valence-corrected chi connectivity index (χ2v) is 5.27. The number of fused-ring (bicyclic) bond motifs is 1. The van der Waals surface area contributed by atoms with Gasteiger partial charge in [-0.3, -0.25) is 9.36 Å². The zero-order valence-corrected chi connectivity index (χ0v) is 12.1. The fraction of sp³-hybridized carbons (Fsp3) is 0.286. The summed E-state index contributed by atoms with van der Waals surface area (Å²) in [5, 5.41) is 2.53. The van der Waals surface area contributed by atoms with E-state index in [1.807, 2.05) is 24.4 Å². The van der Waals surface area contributed by atoms with Crippen molar-refractivity contribution >= 4 is 21.6 Å². The van der Waals surface area contributed by atoms with Crippen molar-refractivity contribution in [3.05, 3.63) is 40.0 Å². The molecule has 3 heterocycles. The molecular weight excluding hydrogens is 276 g/mol. The van der Waals surface area contributed by atoms with E-state index in [1.54, 1.807) is 17.9 Å². The average Bonchev–Trinajstić information content (AvgIpc) is 3.06. The van der Waals surface area contributed by atoms with Crippen LogP contribution in [0.1, 0.15) is 5.82 Å². The van der Waals surface area contributed by atoms with Crippen molar-refractivity contribution in [1.29, 1.82) is 0 Å². The maximum Gasteiger partial charge on any atom is 0.263 e. The third kappa shape index (κ3) is 2.07. The van der Waals surface area contributed by atoms with E-state index >= 15 is 0 Å². The van der Waals surface area contributed by atoms with Gasteiger partial charge in [0, 0.05) is 18.1 Å². The first-order chi connectivity index (χ1) is 9.72. The van der Waals surface area contributed by atoms with Crippen molar-refractivity contribution in [3.63, 3.8) is 0 Å². The predicted octanol–water partition coefficient (Wildman–Crippen LogP) is 2.67. The number of methoxy groups -OCH3 is 1. The number of thiophene rings is 1. The minimum Gasteiger partial charge on any atom is -0.464 e. The summed E-state index contributed by atoms with van der Waals surface area (Å²) in [5.74, 6) is 1.39. The number of hydrogen-bond acceptors (Lipinski definition) is 5. The lowest BCUT2D eigenvalue weighted by molar-refractivity contribution is 0.185. The van der Waals surface area contributed by atoms with E-state index in [0.717, 1.165) is 10.4 Å². The lowest BCUT2D eigenvalue weighted by Crippen LogP contribution is -2.25. The second kappa shape index (κ2) is 5.22. The Labute approximate surface area is 119 Å². The highest BCUT2D eigenvalue weighted by Crippen LogP contribution is 2.31. The molecular formula is C14H14N2O3S. The number of ether oxygens (including phenoxy) is 1. The zero-order valence-electron chi connectivity index (χ0n) is 11.3. The van der Waals surface area contributed by atoms with Gasteiger partial charge in [0.2, 0.25) is 0 Å². The molecule has 0 saturated carbocycles. The molecule has 0 amide bonds. The summed E-state index contributed by atoms with van der Waals surface area (Å²) in [4.78, 5) is 17.9. The smallest absolute Gasteiger partial charge is 0.263 e. The van der Waals surface area contributed by atoms with Crippen LogP contribution >= 0.6 is 11.3 Å². The highest BCUT2D eigenvalue weighted by Gasteiger charge is 2.16. The Bertz CT molecular complexity index is 787. The molecule has 0 aliphatic rings. The minimum absolute atomic E-state index is 0.0443. The summed E-state index contributed by atoms with van der Waals surface area (Å²) in [5.41, 5.74) is 0.760. The number of aryl methyl sites for hydroxylation is 1. The van der Waals surface area contributed by atoms with Gasteiger partial charge in [-0.2, -0.15) is 0 Å². The van der Waals surface area contributed by atoms with E-state index in [4.69, 9.17) is 9.15 Å². The molecule has 3 aromatic rings. The van der Waals surface area contributed by atoms with Gasteiger partial charge < -0.3 is 9.15 Å². The van der Waals surface area contributed by atoms with Crippen LogP contribution in [0.5, 0.6) is 0 Å². The maximum absolute atomic E-state index is 12.7. The summed E-state index contributed by atoms with van der Waals surface area (Å²) in [6.45, 7) is 2.81. The molecule has 0 fully saturated rings. The van der Waals surface area contributed by atoms with Gasteiger partial charge in [0.1, 0.15) is 16.4 Å². The quantitative estimate of drug-likeness (QED) is 0.741. The van der Waals surface area contributed by atoms with Gasteiger partial charge in [-0.05, 0) is 19.1 Å². The van der Waals surface area contributed by atoms with E-state index in [2.05, 4.69) is 4.98 Å². The average molecular weight is 290 g/mol. The van der Waals surface area contributed by atoms with Crippen molar-refractivity contribution in [3.8, 4) is 11.3 Å². The van der Waals surface area contributed by atoms with E-state index in [-0.39, 0.29) is 5.56 Å². The fourth-order valence-electron chi connectivity index (χ4n) is 2.18. The Morgan fingerprint density at radius 2 is 2.35 bits per heavy atom. The van der Waals surface area contributed by atoms with Crippen LogP contribution in [0.2, 0.25) is 0 Å². The zero-order chi connectivity index (χ0) is 14.1. The molecule has 3 aromatic heterocycles. The summed E-state index contributed by atoms with van der Waals surface area (Å²) in [6.07, 6.45) is 1.60. The van der Waals surface area contributed by atoms with Crippen LogP contribution in [0, 0.1) is 6.92 Å². The van der Waals surface area contributed by atoms with E-state index in [9.17, 15) is 4.79 Å². The molecule has 0 unspecified atom stereocenters. The topological polar surface area (TPSA) is 57.3 Å². The van der Waals surface area contributed by atoms with Gasteiger partial charge >= 0.3 is 0 Å². The molecule has 0 aromatic carbocycles. The van der Waals surface area contributed by atoms with Crippen molar-refractivity contribution < 1.29 is 9.15 Å². The van der Waals surface area contributed by atoms with Gasteiger partial charge in [-0.15, -0.1) is 11.3 Å². The van der Waals surface area contributed by atoms with Crippen LogP contribution in [0.4, 0.5) is 0 Å². The van der Waals surface area contributed by atoms with Crippen LogP contribution < -0.4 is 5.56 Å². The van der Waals surface area contributed by atoms with E-state index in [0.29, 0.717) is 30.1 Å². The molecule has 0 bridgehead atoms. The fourth-order valence-corrected chi connectivity index (χ4v) is 3.15. The van der Waals surface area contributed by atoms with Gasteiger partial charge in [0.15, 0.2) is 0 Å². The first-order valence-electron chi connectivity index (χ1n) is 6.24. The summed E-state index contributed by atoms with van der Waals surface area (Å²) < 4.78 is 12.1. The van der Waals surface area contributed by atoms with E-state index < -0.39 is 0 Å². The molecule has 0 aliphatic heterocycles. The number of rotatable bonds is 4. The first-order valence-corrected chi connectivity index (χ1v) is 7.12. The number of aromatic nitrogens is 2. The monoisotopic (exact) mass is 290 g/mol. The van der Waals surface area contributed by atoms with Crippen LogP contribution in [0.15, 0.2) is 33.0 Å². The second-order valence-electron chi connectivity index (χ2n) is 4.42. The van der Waals surface area contributed by atoms with Crippen LogP contribution in [-0.2, 0) is 11.3 Å². The molecule has 5 nitrogen and oxygen atoms in total. The Kier molecular flexibility index (Phi) is 3.42. The molecule has 0 aliphatic carbocycles. The van der Waals surface area contributed by atoms with Crippen molar-refractivity contribution in [1.82, 2.24) is 9.55 Å². The number of furan rings is 1. The Hall–Kier alpha value is -1.92. The van der Waals surface area contributed by atoms with E-state index in [1.165, 1.54) is 11.3 Å². The number of hydrogen-bond donors (Lipinski definition) is 0. The predicted molar refractivity (Wildman–Crippen MR) is 78.2 cm³/mol. The molecule has 0 radical (unpaired) electrons. The first kappa shape index (κ1) is 13.1. The summed E-state index contributed by atoms with van der Waals surface area (Å²) in [6, 6.07) is 3.66. The summed E-state index contributed by atoms with van der Waals surface area (Å²) >= 11 is 1.46. The van der Waals surface area contributed by atoms with Crippen molar-refractivity contribution in [2.75, 3.05) is 13.7 Å². The maximum atomic E-state index is 12.7. The van der Waals surface area contributed by atoms with Gasteiger partial charge in [0.25, 0.3) is 5.56 Å². The van der Waals surface area contributed by atoms with Crippen LogP contribution in [0.3, 0.4) is 0 Å². The number of nitrogens with zero attached hydrogens (tertiary/aromatic N) is 2. The Morgan fingerprint density at radius 3 is 3.05 bits per heavy atom. The van der Waals surface area contributed by atoms with Crippen molar-refractivity contribution in [2.45, 2.75) is 13.5 Å². The molecule has 0 atom stereocenters. The Balaban J connectivity index is 2.23. The van der Waals surface area contributed by atoms with Crippen LogP contribution in [0.25, 0.3) is 21.5 Å². The van der Waals surface area contributed by atoms with Crippen LogP contribution in [-0.4, -0.2) is 23.3 Å². The minimum atomic E-state index is -0.0443. The van der Waals surface area contributed by atoms with Gasteiger partial charge in [-0.1, -0.05) is 0 Å². The molecule has 0 N–H and O–H groups in total. The SMILES string of the molecule is COCCn1c(C)nc2scc(-c3ccco3)c2c1=O. The largest absolute Gasteiger partial charge is 0.464 e. The summed E-state index contributed by atoms with van der Waals surface area (Å²) in [7, 11) is 1.62.